The van der Waals surface area contributed by atoms with Crippen LogP contribution in [-0.4, -0.2) is 28.9 Å². The van der Waals surface area contributed by atoms with Crippen LogP contribution in [0.1, 0.15) is 28.1 Å². The monoisotopic (exact) mass is 409 g/mol. The second-order valence-corrected chi connectivity index (χ2v) is 8.04. The van der Waals surface area contributed by atoms with E-state index in [0.29, 0.717) is 21.9 Å². The summed E-state index contributed by atoms with van der Waals surface area (Å²) >= 11 is 1.10. The Morgan fingerprint density at radius 3 is 2.55 bits per heavy atom. The third kappa shape index (κ3) is 4.86. The Morgan fingerprint density at radius 1 is 1.10 bits per heavy atom. The number of benzene rings is 2. The molecule has 1 saturated carbocycles. The molecule has 7 heteroatoms. The molecule has 29 heavy (non-hydrogen) atoms. The molecule has 148 valence electrons. The first kappa shape index (κ1) is 19.3. The van der Waals surface area contributed by atoms with Crippen molar-refractivity contribution < 1.29 is 14.0 Å². The number of aromatic nitrogens is 1. The minimum atomic E-state index is -0.690. The van der Waals surface area contributed by atoms with Crippen molar-refractivity contribution in [1.29, 1.82) is 0 Å². The number of thiazole rings is 1. The fourth-order valence-electron chi connectivity index (χ4n) is 2.96. The normalized spacial score (nSPS) is 14.2. The summed E-state index contributed by atoms with van der Waals surface area (Å²) in [4.78, 5) is 29.9. The van der Waals surface area contributed by atoms with Gasteiger partial charge in [-0.2, -0.15) is 0 Å². The zero-order chi connectivity index (χ0) is 20.2. The summed E-state index contributed by atoms with van der Waals surface area (Å²) in [6.45, 7) is 0. The van der Waals surface area contributed by atoms with Gasteiger partial charge in [-0.05, 0) is 30.5 Å². The topological polar surface area (TPSA) is 71.1 Å². The third-order valence-electron chi connectivity index (χ3n) is 4.66. The van der Waals surface area contributed by atoms with Crippen molar-refractivity contribution in [2.75, 3.05) is 0 Å². The van der Waals surface area contributed by atoms with Crippen LogP contribution in [0.5, 0.6) is 0 Å². The Kier molecular flexibility index (Phi) is 5.67. The molecule has 0 spiro atoms. The highest BCUT2D eigenvalue weighted by Gasteiger charge is 2.29. The predicted molar refractivity (Wildman–Crippen MR) is 110 cm³/mol. The van der Waals surface area contributed by atoms with Crippen LogP contribution >= 0.6 is 11.3 Å². The van der Waals surface area contributed by atoms with E-state index < -0.39 is 11.9 Å². The summed E-state index contributed by atoms with van der Waals surface area (Å²) < 4.78 is 14.0. The molecule has 0 radical (unpaired) electrons. The van der Waals surface area contributed by atoms with Crippen LogP contribution in [0.2, 0.25) is 0 Å². The molecule has 2 amide bonds. The quantitative estimate of drug-likeness (QED) is 0.627. The van der Waals surface area contributed by atoms with Crippen LogP contribution in [0.3, 0.4) is 0 Å². The molecule has 1 atom stereocenters. The average molecular weight is 409 g/mol. The maximum atomic E-state index is 14.0. The Morgan fingerprint density at radius 2 is 1.83 bits per heavy atom. The SMILES string of the molecule is O=C(NC(Cc1ccccc1)C(=O)NC1CC1)c1cnc(-c2ccccc2F)s1. The van der Waals surface area contributed by atoms with Crippen molar-refractivity contribution in [2.24, 2.45) is 0 Å². The molecule has 0 saturated heterocycles. The maximum absolute atomic E-state index is 14.0. The Balaban J connectivity index is 1.50. The summed E-state index contributed by atoms with van der Waals surface area (Å²) in [7, 11) is 0. The lowest BCUT2D eigenvalue weighted by atomic mass is 10.1. The van der Waals surface area contributed by atoms with Crippen molar-refractivity contribution in [3.8, 4) is 10.6 Å². The molecular weight excluding hydrogens is 389 g/mol. The van der Waals surface area contributed by atoms with Crippen molar-refractivity contribution in [1.82, 2.24) is 15.6 Å². The van der Waals surface area contributed by atoms with Gasteiger partial charge < -0.3 is 10.6 Å². The second kappa shape index (κ2) is 8.53. The average Bonchev–Trinajstić information content (AvgIpc) is 3.40. The molecule has 1 heterocycles. The molecule has 1 unspecified atom stereocenters. The molecule has 1 fully saturated rings. The van der Waals surface area contributed by atoms with Gasteiger partial charge in [-0.15, -0.1) is 11.3 Å². The van der Waals surface area contributed by atoms with E-state index in [2.05, 4.69) is 15.6 Å². The number of halogens is 1. The standard InChI is InChI=1S/C22H20FN3O2S/c23-17-9-5-4-8-16(17)22-24-13-19(29-22)21(28)26-18(20(27)25-15-10-11-15)12-14-6-2-1-3-7-14/h1-9,13,15,18H,10-12H2,(H,25,27)(H,26,28). The molecule has 4 rings (SSSR count). The first-order valence-electron chi connectivity index (χ1n) is 9.46. The fraction of sp³-hybridized carbons (Fsp3) is 0.227. The van der Waals surface area contributed by atoms with Gasteiger partial charge in [-0.25, -0.2) is 9.37 Å². The minimum Gasteiger partial charge on any atom is -0.352 e. The molecule has 3 aromatic rings. The number of carbonyl (C=O) groups is 2. The number of nitrogens with zero attached hydrogens (tertiary/aromatic N) is 1. The van der Waals surface area contributed by atoms with Gasteiger partial charge in [0.1, 0.15) is 21.7 Å². The van der Waals surface area contributed by atoms with Gasteiger partial charge in [0.25, 0.3) is 5.91 Å². The first-order chi connectivity index (χ1) is 14.1. The molecular formula is C22H20FN3O2S. The van der Waals surface area contributed by atoms with Gasteiger partial charge in [0, 0.05) is 18.0 Å². The zero-order valence-corrected chi connectivity index (χ0v) is 16.4. The van der Waals surface area contributed by atoms with Crippen LogP contribution in [0.25, 0.3) is 10.6 Å². The Labute approximate surface area is 172 Å². The Bertz CT molecular complexity index is 1020. The predicted octanol–water partition coefficient (Wildman–Crippen LogP) is 3.57. The van der Waals surface area contributed by atoms with Crippen molar-refractivity contribution in [2.45, 2.75) is 31.3 Å². The zero-order valence-electron chi connectivity index (χ0n) is 15.6. The van der Waals surface area contributed by atoms with Crippen LogP contribution in [0, 0.1) is 5.82 Å². The highest BCUT2D eigenvalue weighted by Crippen LogP contribution is 2.27. The van der Waals surface area contributed by atoms with E-state index in [1.165, 1.54) is 12.3 Å². The summed E-state index contributed by atoms with van der Waals surface area (Å²) in [5.41, 5.74) is 1.31. The summed E-state index contributed by atoms with van der Waals surface area (Å²) in [5.74, 6) is -0.972. The lowest BCUT2D eigenvalue weighted by Gasteiger charge is -2.18. The molecule has 0 aliphatic heterocycles. The number of hydrogen-bond donors (Lipinski definition) is 2. The van der Waals surface area contributed by atoms with Gasteiger partial charge >= 0.3 is 0 Å². The van der Waals surface area contributed by atoms with E-state index in [0.717, 1.165) is 29.7 Å². The van der Waals surface area contributed by atoms with Gasteiger partial charge in [0.15, 0.2) is 0 Å². The van der Waals surface area contributed by atoms with Crippen LogP contribution in [-0.2, 0) is 11.2 Å². The van der Waals surface area contributed by atoms with Gasteiger partial charge in [-0.1, -0.05) is 42.5 Å². The first-order valence-corrected chi connectivity index (χ1v) is 10.3. The highest BCUT2D eigenvalue weighted by molar-refractivity contribution is 7.16. The highest BCUT2D eigenvalue weighted by atomic mass is 32.1. The fourth-order valence-corrected chi connectivity index (χ4v) is 3.80. The molecule has 2 N–H and O–H groups in total. The molecule has 0 bridgehead atoms. The van der Waals surface area contributed by atoms with E-state index >= 15 is 0 Å². The van der Waals surface area contributed by atoms with E-state index in [1.807, 2.05) is 30.3 Å². The van der Waals surface area contributed by atoms with Gasteiger partial charge in [-0.3, -0.25) is 9.59 Å². The van der Waals surface area contributed by atoms with Crippen molar-refractivity contribution in [3.63, 3.8) is 0 Å². The number of carbonyl (C=O) groups excluding carboxylic acids is 2. The van der Waals surface area contributed by atoms with Gasteiger partial charge in [0.2, 0.25) is 5.91 Å². The summed E-state index contributed by atoms with van der Waals surface area (Å²) in [6.07, 6.45) is 3.75. The summed E-state index contributed by atoms with van der Waals surface area (Å²) in [5, 5.41) is 6.20. The molecule has 2 aromatic carbocycles. The van der Waals surface area contributed by atoms with Crippen LogP contribution in [0.15, 0.2) is 60.8 Å². The molecule has 5 nitrogen and oxygen atoms in total. The number of hydrogen-bond acceptors (Lipinski definition) is 4. The van der Waals surface area contributed by atoms with Crippen molar-refractivity contribution in [3.05, 3.63) is 77.1 Å². The maximum Gasteiger partial charge on any atom is 0.263 e. The minimum absolute atomic E-state index is 0.191. The van der Waals surface area contributed by atoms with E-state index in [9.17, 15) is 14.0 Å². The number of nitrogens with one attached hydrogen (secondary N) is 2. The number of amides is 2. The van der Waals surface area contributed by atoms with Gasteiger partial charge in [0.05, 0.1) is 6.20 Å². The molecule has 1 aromatic heterocycles. The largest absolute Gasteiger partial charge is 0.352 e. The number of rotatable bonds is 7. The van der Waals surface area contributed by atoms with Crippen LogP contribution < -0.4 is 10.6 Å². The van der Waals surface area contributed by atoms with E-state index in [1.54, 1.807) is 18.2 Å². The Hall–Kier alpha value is -3.06. The van der Waals surface area contributed by atoms with Crippen LogP contribution in [0.4, 0.5) is 4.39 Å². The molecule has 1 aliphatic carbocycles. The second-order valence-electron chi connectivity index (χ2n) is 7.01. The lowest BCUT2D eigenvalue weighted by Crippen LogP contribution is -2.48. The lowest BCUT2D eigenvalue weighted by molar-refractivity contribution is -0.123. The summed E-state index contributed by atoms with van der Waals surface area (Å²) in [6, 6.07) is 15.4. The third-order valence-corrected chi connectivity index (χ3v) is 5.69. The van der Waals surface area contributed by atoms with Crippen molar-refractivity contribution >= 4 is 23.2 Å². The smallest absolute Gasteiger partial charge is 0.263 e. The molecule has 1 aliphatic rings. The van der Waals surface area contributed by atoms with E-state index in [4.69, 9.17) is 0 Å². The van der Waals surface area contributed by atoms with E-state index in [-0.39, 0.29) is 17.8 Å².